The van der Waals surface area contributed by atoms with Crippen LogP contribution >= 0.6 is 11.3 Å². The highest BCUT2D eigenvalue weighted by atomic mass is 32.1. The smallest absolute Gasteiger partial charge is 0.0330 e. The fourth-order valence-corrected chi connectivity index (χ4v) is 4.56. The third-order valence-corrected chi connectivity index (χ3v) is 6.30. The van der Waals surface area contributed by atoms with E-state index in [1.165, 1.54) is 35.4 Å². The van der Waals surface area contributed by atoms with Gasteiger partial charge in [-0.15, -0.1) is 11.3 Å². The first kappa shape index (κ1) is 17.0. The molecule has 0 saturated heterocycles. The summed E-state index contributed by atoms with van der Waals surface area (Å²) in [5, 5.41) is 0. The van der Waals surface area contributed by atoms with Gasteiger partial charge in [0.1, 0.15) is 0 Å². The first-order valence-corrected chi connectivity index (χ1v) is 9.30. The molecule has 3 heteroatoms. The van der Waals surface area contributed by atoms with E-state index in [1.807, 2.05) is 11.3 Å². The largest absolute Gasteiger partial charge is 0.330 e. The fourth-order valence-electron chi connectivity index (χ4n) is 3.47. The Kier molecular flexibility index (Phi) is 5.87. The normalized spacial score (nSPS) is 23.7. The molecule has 1 fully saturated rings. The number of nitrogens with two attached hydrogens (primary N) is 1. The van der Waals surface area contributed by atoms with Crippen LogP contribution in [0.4, 0.5) is 0 Å². The van der Waals surface area contributed by atoms with Crippen LogP contribution in [-0.2, 0) is 12.0 Å². The maximum atomic E-state index is 6.02. The van der Waals surface area contributed by atoms with Crippen molar-refractivity contribution in [3.8, 4) is 0 Å². The molecule has 2 unspecified atom stereocenters. The zero-order valence-electron chi connectivity index (χ0n) is 14.2. The lowest BCUT2D eigenvalue weighted by Crippen LogP contribution is -2.44. The molecule has 2 rings (SSSR count). The van der Waals surface area contributed by atoms with Gasteiger partial charge in [0.2, 0.25) is 0 Å². The molecule has 21 heavy (non-hydrogen) atoms. The minimum atomic E-state index is 0.268. The molecule has 1 heterocycles. The van der Waals surface area contributed by atoms with Crippen molar-refractivity contribution in [2.24, 2.45) is 11.7 Å². The van der Waals surface area contributed by atoms with Gasteiger partial charge in [-0.2, -0.15) is 0 Å². The van der Waals surface area contributed by atoms with Crippen LogP contribution in [0.3, 0.4) is 0 Å². The van der Waals surface area contributed by atoms with E-state index in [0.717, 1.165) is 19.6 Å². The Hall–Kier alpha value is -0.380. The highest BCUT2D eigenvalue weighted by Crippen LogP contribution is 2.32. The van der Waals surface area contributed by atoms with Gasteiger partial charge in [-0.3, -0.25) is 4.90 Å². The summed E-state index contributed by atoms with van der Waals surface area (Å²) in [4.78, 5) is 5.66. The van der Waals surface area contributed by atoms with Gasteiger partial charge >= 0.3 is 0 Å². The predicted octanol–water partition coefficient (Wildman–Crippen LogP) is 4.39. The van der Waals surface area contributed by atoms with Crippen molar-refractivity contribution in [3.63, 3.8) is 0 Å². The molecule has 2 atom stereocenters. The monoisotopic (exact) mass is 308 g/mol. The van der Waals surface area contributed by atoms with Crippen LogP contribution in [0, 0.1) is 5.92 Å². The Morgan fingerprint density at radius 2 is 1.95 bits per heavy atom. The van der Waals surface area contributed by atoms with Crippen LogP contribution in [-0.4, -0.2) is 24.0 Å². The van der Waals surface area contributed by atoms with Gasteiger partial charge in [-0.1, -0.05) is 40.5 Å². The third-order valence-electron chi connectivity index (χ3n) is 4.81. The summed E-state index contributed by atoms with van der Waals surface area (Å²) in [6, 6.07) is 5.33. The van der Waals surface area contributed by atoms with Crippen LogP contribution in [0.5, 0.6) is 0 Å². The molecule has 120 valence electrons. The van der Waals surface area contributed by atoms with E-state index >= 15 is 0 Å². The lowest BCUT2D eigenvalue weighted by atomic mass is 9.83. The second-order valence-electron chi connectivity index (χ2n) is 7.43. The molecule has 0 bridgehead atoms. The van der Waals surface area contributed by atoms with Crippen molar-refractivity contribution in [1.29, 1.82) is 0 Å². The summed E-state index contributed by atoms with van der Waals surface area (Å²) < 4.78 is 0. The van der Waals surface area contributed by atoms with E-state index in [1.54, 1.807) is 0 Å². The second-order valence-corrected chi connectivity index (χ2v) is 8.59. The molecule has 2 nitrogen and oxygen atoms in total. The van der Waals surface area contributed by atoms with Crippen molar-refractivity contribution < 1.29 is 0 Å². The van der Waals surface area contributed by atoms with Crippen LogP contribution in [0.1, 0.15) is 63.1 Å². The minimum Gasteiger partial charge on any atom is -0.330 e. The minimum absolute atomic E-state index is 0.268. The number of thiophene rings is 1. The molecule has 0 amide bonds. The Balaban J connectivity index is 2.06. The molecule has 1 aliphatic carbocycles. The predicted molar refractivity (Wildman–Crippen MR) is 93.9 cm³/mol. The topological polar surface area (TPSA) is 29.3 Å². The van der Waals surface area contributed by atoms with E-state index in [9.17, 15) is 0 Å². The summed E-state index contributed by atoms with van der Waals surface area (Å²) >= 11 is 1.98. The molecule has 0 aliphatic heterocycles. The third kappa shape index (κ3) is 4.30. The zero-order chi connectivity index (χ0) is 15.5. The lowest BCUT2D eigenvalue weighted by Gasteiger charge is -2.39. The molecule has 1 saturated carbocycles. The van der Waals surface area contributed by atoms with Crippen molar-refractivity contribution in [2.75, 3.05) is 13.1 Å². The Morgan fingerprint density at radius 3 is 2.52 bits per heavy atom. The van der Waals surface area contributed by atoms with Crippen molar-refractivity contribution in [3.05, 3.63) is 21.9 Å². The van der Waals surface area contributed by atoms with Crippen LogP contribution in [0.15, 0.2) is 12.1 Å². The lowest BCUT2D eigenvalue weighted by molar-refractivity contribution is 0.106. The highest BCUT2D eigenvalue weighted by molar-refractivity contribution is 7.12. The zero-order valence-corrected chi connectivity index (χ0v) is 15.0. The maximum Gasteiger partial charge on any atom is 0.0330 e. The maximum absolute atomic E-state index is 6.02. The van der Waals surface area contributed by atoms with E-state index in [-0.39, 0.29) is 5.41 Å². The average Bonchev–Trinajstić information content (AvgIpc) is 2.93. The SMILES string of the molecule is CCN(Cc1ccc(C(C)(C)C)s1)C1CCCCC1CN. The molecular weight excluding hydrogens is 276 g/mol. The van der Waals surface area contributed by atoms with E-state index in [0.29, 0.717) is 12.0 Å². The number of rotatable bonds is 5. The second kappa shape index (κ2) is 7.26. The number of nitrogens with zero attached hydrogens (tertiary/aromatic N) is 1. The van der Waals surface area contributed by atoms with Crippen LogP contribution < -0.4 is 5.73 Å². The average molecular weight is 309 g/mol. The number of hydrogen-bond donors (Lipinski definition) is 1. The van der Waals surface area contributed by atoms with E-state index in [4.69, 9.17) is 5.73 Å². The first-order chi connectivity index (χ1) is 9.95. The summed E-state index contributed by atoms with van der Waals surface area (Å²) in [5.74, 6) is 0.695. The quantitative estimate of drug-likeness (QED) is 0.874. The molecule has 1 aromatic rings. The Morgan fingerprint density at radius 1 is 1.24 bits per heavy atom. The molecule has 0 radical (unpaired) electrons. The highest BCUT2D eigenvalue weighted by Gasteiger charge is 2.28. The summed E-state index contributed by atoms with van der Waals surface area (Å²) in [7, 11) is 0. The van der Waals surface area contributed by atoms with Crippen LogP contribution in [0.25, 0.3) is 0 Å². The van der Waals surface area contributed by atoms with Gasteiger partial charge in [0.15, 0.2) is 0 Å². The fraction of sp³-hybridized carbons (Fsp3) is 0.778. The van der Waals surface area contributed by atoms with Gasteiger partial charge in [0, 0.05) is 22.3 Å². The van der Waals surface area contributed by atoms with Gasteiger partial charge in [0.05, 0.1) is 0 Å². The van der Waals surface area contributed by atoms with Gasteiger partial charge < -0.3 is 5.73 Å². The number of hydrogen-bond acceptors (Lipinski definition) is 3. The summed E-state index contributed by atoms with van der Waals surface area (Å²) in [5.41, 5.74) is 6.29. The summed E-state index contributed by atoms with van der Waals surface area (Å²) in [6.45, 7) is 12.3. The van der Waals surface area contributed by atoms with Gasteiger partial charge in [-0.05, 0) is 49.4 Å². The van der Waals surface area contributed by atoms with Crippen molar-refractivity contribution >= 4 is 11.3 Å². The van der Waals surface area contributed by atoms with Gasteiger partial charge in [0.25, 0.3) is 0 Å². The molecule has 1 aliphatic rings. The van der Waals surface area contributed by atoms with E-state index in [2.05, 4.69) is 44.7 Å². The van der Waals surface area contributed by atoms with Crippen molar-refractivity contribution in [1.82, 2.24) is 4.90 Å². The summed E-state index contributed by atoms with van der Waals surface area (Å²) in [6.07, 6.45) is 5.38. The molecule has 0 aromatic carbocycles. The van der Waals surface area contributed by atoms with Gasteiger partial charge in [-0.25, -0.2) is 0 Å². The standard InChI is InChI=1S/C18H32N2S/c1-5-20(16-9-7-6-8-14(16)12-19)13-15-10-11-17(21-15)18(2,3)4/h10-11,14,16H,5-9,12-13,19H2,1-4H3. The molecule has 0 spiro atoms. The molecule has 2 N–H and O–H groups in total. The van der Waals surface area contributed by atoms with Crippen LogP contribution in [0.2, 0.25) is 0 Å². The van der Waals surface area contributed by atoms with Crippen molar-refractivity contribution in [2.45, 2.75) is 71.4 Å². The van der Waals surface area contributed by atoms with E-state index < -0.39 is 0 Å². The first-order valence-electron chi connectivity index (χ1n) is 8.49. The molecular formula is C18H32N2S. The Bertz CT molecular complexity index is 433. The Labute approximate surface area is 134 Å². The molecule has 1 aromatic heterocycles.